The van der Waals surface area contributed by atoms with Gasteiger partial charge in [0.05, 0.1) is 29.0 Å². The number of para-hydroxylation sites is 1. The maximum Gasteiger partial charge on any atom is 0.416 e. The van der Waals surface area contributed by atoms with E-state index in [1.807, 2.05) is 24.3 Å². The molecule has 0 unspecified atom stereocenters. The van der Waals surface area contributed by atoms with E-state index in [1.54, 1.807) is 12.5 Å². The zero-order chi connectivity index (χ0) is 28.0. The highest BCUT2D eigenvalue weighted by molar-refractivity contribution is 7.89. The fourth-order valence-corrected chi connectivity index (χ4v) is 8.52. The maximum absolute atomic E-state index is 13.9. The summed E-state index contributed by atoms with van der Waals surface area (Å²) in [6.07, 6.45) is 8.40. The predicted octanol–water partition coefficient (Wildman–Crippen LogP) is 6.76. The average molecular weight is 573 g/mol. The van der Waals surface area contributed by atoms with Gasteiger partial charge in [0, 0.05) is 31.0 Å². The molecule has 0 radical (unpaired) electrons. The Balaban J connectivity index is 1.34. The Morgan fingerprint density at radius 1 is 1.00 bits per heavy atom. The first-order chi connectivity index (χ1) is 19.1. The minimum absolute atomic E-state index is 0.106. The van der Waals surface area contributed by atoms with Crippen LogP contribution in [0.3, 0.4) is 0 Å². The zero-order valence-corrected chi connectivity index (χ0v) is 23.2. The number of alkyl halides is 3. The molecular weight excluding hydrogens is 537 g/mol. The number of nitrogens with one attached hydrogen (secondary N) is 1. The minimum Gasteiger partial charge on any atom is -0.361 e. The molecule has 3 fully saturated rings. The van der Waals surface area contributed by atoms with Gasteiger partial charge in [-0.15, -0.1) is 0 Å². The minimum atomic E-state index is -4.53. The van der Waals surface area contributed by atoms with Gasteiger partial charge in [0.1, 0.15) is 0 Å². The number of imidazole rings is 1. The first-order valence-electron chi connectivity index (χ1n) is 14.1. The van der Waals surface area contributed by atoms with Crippen molar-refractivity contribution in [2.45, 2.75) is 81.6 Å². The molecule has 7 rings (SSSR count). The lowest BCUT2D eigenvalue weighted by Crippen LogP contribution is -2.44. The van der Waals surface area contributed by atoms with Gasteiger partial charge in [0.2, 0.25) is 10.0 Å². The molecule has 3 saturated carbocycles. The summed E-state index contributed by atoms with van der Waals surface area (Å²) in [6.45, 7) is 0.970. The van der Waals surface area contributed by atoms with E-state index in [0.717, 1.165) is 60.0 Å². The number of halogens is 3. The number of nitrogens with zero attached hydrogens (tertiary/aromatic N) is 3. The van der Waals surface area contributed by atoms with Crippen molar-refractivity contribution in [2.24, 2.45) is 11.3 Å². The number of hydrogen-bond donors (Lipinski definition) is 1. The lowest BCUT2D eigenvalue weighted by Gasteiger charge is -2.48. The van der Waals surface area contributed by atoms with Crippen molar-refractivity contribution in [3.05, 3.63) is 77.9 Å². The van der Waals surface area contributed by atoms with Crippen molar-refractivity contribution >= 4 is 15.7 Å². The number of aromatic nitrogens is 2. The SMILES string of the molecule is O=S(=O)(c1ccc(C(F)(F)F)cc1)N1Cc2ccccc2N(Cc2cnc[nH]2)[C@H](CCC23CCC(CC2)CC3)C1. The Morgan fingerprint density at radius 3 is 2.35 bits per heavy atom. The molecule has 214 valence electrons. The van der Waals surface area contributed by atoms with Crippen LogP contribution in [0.1, 0.15) is 68.2 Å². The van der Waals surface area contributed by atoms with E-state index in [2.05, 4.69) is 14.9 Å². The summed E-state index contributed by atoms with van der Waals surface area (Å²) in [6, 6.07) is 11.6. The van der Waals surface area contributed by atoms with Gasteiger partial charge in [-0.3, -0.25) is 0 Å². The monoisotopic (exact) mass is 572 g/mol. The van der Waals surface area contributed by atoms with Gasteiger partial charge in [-0.2, -0.15) is 17.5 Å². The molecule has 2 bridgehead atoms. The van der Waals surface area contributed by atoms with E-state index in [1.165, 1.54) is 42.8 Å². The van der Waals surface area contributed by atoms with Crippen LogP contribution in [0.5, 0.6) is 0 Å². The average Bonchev–Trinajstić information content (AvgIpc) is 3.42. The predicted molar refractivity (Wildman–Crippen MR) is 147 cm³/mol. The zero-order valence-electron chi connectivity index (χ0n) is 22.4. The van der Waals surface area contributed by atoms with Crippen LogP contribution in [0, 0.1) is 11.3 Å². The first-order valence-corrected chi connectivity index (χ1v) is 15.6. The topological polar surface area (TPSA) is 69.3 Å². The van der Waals surface area contributed by atoms with E-state index in [4.69, 9.17) is 0 Å². The summed E-state index contributed by atoms with van der Waals surface area (Å²) >= 11 is 0. The van der Waals surface area contributed by atoms with Crippen LogP contribution in [0.15, 0.2) is 66.0 Å². The molecule has 0 saturated heterocycles. The first kappa shape index (κ1) is 27.3. The molecule has 1 N–H and O–H groups in total. The van der Waals surface area contributed by atoms with Crippen molar-refractivity contribution in [3.8, 4) is 0 Å². The molecule has 2 heterocycles. The third-order valence-electron chi connectivity index (χ3n) is 9.47. The molecule has 1 aromatic heterocycles. The van der Waals surface area contributed by atoms with Gasteiger partial charge in [0.25, 0.3) is 0 Å². The quantitative estimate of drug-likeness (QED) is 0.340. The van der Waals surface area contributed by atoms with E-state index in [9.17, 15) is 21.6 Å². The van der Waals surface area contributed by atoms with Gasteiger partial charge < -0.3 is 9.88 Å². The maximum atomic E-state index is 13.9. The van der Waals surface area contributed by atoms with Gasteiger partial charge in [-0.05, 0) is 98.6 Å². The molecular formula is C30H35F3N4O2S. The number of H-pyrrole nitrogens is 1. The Labute approximate surface area is 233 Å². The van der Waals surface area contributed by atoms with Crippen molar-refractivity contribution < 1.29 is 21.6 Å². The summed E-state index contributed by atoms with van der Waals surface area (Å²) in [4.78, 5) is 9.57. The molecule has 1 aliphatic heterocycles. The van der Waals surface area contributed by atoms with Crippen molar-refractivity contribution in [3.63, 3.8) is 0 Å². The number of sulfonamides is 1. The second kappa shape index (κ2) is 10.5. The standard InChI is InChI=1S/C30H35F3N4O2S/c31-30(32,33)24-5-7-27(8-6-24)40(38,39)36-18-23-3-1-2-4-28(23)37(19-25-17-34-21-35-25)26(20-36)12-16-29-13-9-22(10-14-29)11-15-29/h1-8,17,21-22,26H,9-16,18-20H2,(H,34,35)/t22?,26-,29?/m1/s1. The number of hydrogen-bond acceptors (Lipinski definition) is 4. The van der Waals surface area contributed by atoms with E-state index in [0.29, 0.717) is 12.0 Å². The second-order valence-electron chi connectivity index (χ2n) is 11.8. The van der Waals surface area contributed by atoms with Crippen molar-refractivity contribution in [1.29, 1.82) is 0 Å². The number of aromatic amines is 1. The highest BCUT2D eigenvalue weighted by Crippen LogP contribution is 2.53. The molecule has 2 aromatic carbocycles. The lowest BCUT2D eigenvalue weighted by atomic mass is 9.59. The van der Waals surface area contributed by atoms with E-state index in [-0.39, 0.29) is 24.0 Å². The summed E-state index contributed by atoms with van der Waals surface area (Å²) in [7, 11) is -4.05. The normalized spacial score (nSPS) is 25.5. The van der Waals surface area contributed by atoms with Crippen LogP contribution in [0.4, 0.5) is 18.9 Å². The summed E-state index contributed by atoms with van der Waals surface area (Å²) < 4.78 is 68.8. The van der Waals surface area contributed by atoms with E-state index < -0.39 is 21.8 Å². The molecule has 3 aromatic rings. The van der Waals surface area contributed by atoms with Crippen LogP contribution >= 0.6 is 0 Å². The highest BCUT2D eigenvalue weighted by atomic mass is 32.2. The summed E-state index contributed by atoms with van der Waals surface area (Å²) in [5.41, 5.74) is 2.26. The number of fused-ring (bicyclic) bond motifs is 4. The molecule has 40 heavy (non-hydrogen) atoms. The number of benzene rings is 2. The molecule has 6 nitrogen and oxygen atoms in total. The molecule has 0 amide bonds. The van der Waals surface area contributed by atoms with Crippen LogP contribution in [0.25, 0.3) is 0 Å². The fraction of sp³-hybridized carbons (Fsp3) is 0.500. The summed E-state index contributed by atoms with van der Waals surface area (Å²) in [5, 5.41) is 0. The summed E-state index contributed by atoms with van der Waals surface area (Å²) in [5.74, 6) is 0.868. The Kier molecular flexibility index (Phi) is 7.19. The third-order valence-corrected chi connectivity index (χ3v) is 11.3. The Morgan fingerprint density at radius 2 is 1.70 bits per heavy atom. The van der Waals surface area contributed by atoms with Crippen molar-refractivity contribution in [1.82, 2.24) is 14.3 Å². The highest BCUT2D eigenvalue weighted by Gasteiger charge is 2.42. The molecule has 3 aliphatic carbocycles. The second-order valence-corrected chi connectivity index (χ2v) is 13.8. The smallest absolute Gasteiger partial charge is 0.361 e. The molecule has 1 atom stereocenters. The van der Waals surface area contributed by atoms with Crippen molar-refractivity contribution in [2.75, 3.05) is 11.4 Å². The third kappa shape index (κ3) is 5.40. The molecule has 10 heteroatoms. The lowest BCUT2D eigenvalue weighted by molar-refractivity contribution is -0.137. The molecule has 0 spiro atoms. The number of rotatable bonds is 7. The van der Waals surface area contributed by atoms with Crippen LogP contribution in [-0.2, 0) is 29.3 Å². The van der Waals surface area contributed by atoms with Crippen LogP contribution < -0.4 is 4.90 Å². The van der Waals surface area contributed by atoms with Gasteiger partial charge >= 0.3 is 6.18 Å². The van der Waals surface area contributed by atoms with Gasteiger partial charge in [0.15, 0.2) is 0 Å². The van der Waals surface area contributed by atoms with E-state index >= 15 is 0 Å². The number of anilines is 1. The Bertz CT molecular complexity index is 1400. The van der Waals surface area contributed by atoms with Crippen LogP contribution in [-0.4, -0.2) is 35.3 Å². The Hall–Kier alpha value is -2.85. The van der Waals surface area contributed by atoms with Gasteiger partial charge in [-0.1, -0.05) is 18.2 Å². The largest absolute Gasteiger partial charge is 0.416 e. The fourth-order valence-electron chi connectivity index (χ4n) is 7.06. The van der Waals surface area contributed by atoms with Gasteiger partial charge in [-0.25, -0.2) is 13.4 Å². The molecule has 4 aliphatic rings. The van der Waals surface area contributed by atoms with Crippen LogP contribution in [0.2, 0.25) is 0 Å².